The Bertz CT molecular complexity index is 677. The molecule has 1 aliphatic rings. The molecule has 1 aliphatic heterocycles. The van der Waals surface area contributed by atoms with Crippen LogP contribution >= 0.6 is 0 Å². The smallest absolute Gasteiger partial charge is 0.261 e. The van der Waals surface area contributed by atoms with E-state index in [0.717, 1.165) is 12.8 Å². The van der Waals surface area contributed by atoms with Crippen LogP contribution in [0.4, 0.5) is 5.69 Å². The summed E-state index contributed by atoms with van der Waals surface area (Å²) >= 11 is 0. The number of likely N-dealkylation sites (N-methyl/N-ethyl adjacent to an activating group) is 1. The van der Waals surface area contributed by atoms with Gasteiger partial charge in [0.1, 0.15) is 11.8 Å². The van der Waals surface area contributed by atoms with Gasteiger partial charge in [0, 0.05) is 38.3 Å². The number of piperazine rings is 1. The molecular formula is C20H29N3O4. The molecule has 1 atom stereocenters. The van der Waals surface area contributed by atoms with Crippen LogP contribution in [0.3, 0.4) is 0 Å². The highest BCUT2D eigenvalue weighted by Gasteiger charge is 2.35. The van der Waals surface area contributed by atoms with Gasteiger partial charge in [0.2, 0.25) is 11.8 Å². The molecule has 148 valence electrons. The molecule has 7 nitrogen and oxygen atoms in total. The Morgan fingerprint density at radius 1 is 1.26 bits per heavy atom. The van der Waals surface area contributed by atoms with Gasteiger partial charge in [-0.25, -0.2) is 0 Å². The topological polar surface area (TPSA) is 79.0 Å². The molecule has 1 saturated heterocycles. The predicted octanol–water partition coefficient (Wildman–Crippen LogP) is 2.27. The number of hydrogen-bond donors (Lipinski definition) is 1. The first-order valence-corrected chi connectivity index (χ1v) is 9.53. The largest absolute Gasteiger partial charge is 0.484 e. The lowest BCUT2D eigenvalue weighted by Gasteiger charge is -2.39. The minimum absolute atomic E-state index is 0.00711. The highest BCUT2D eigenvalue weighted by Crippen LogP contribution is 2.19. The van der Waals surface area contributed by atoms with E-state index >= 15 is 0 Å². The van der Waals surface area contributed by atoms with Gasteiger partial charge in [-0.2, -0.15) is 0 Å². The summed E-state index contributed by atoms with van der Waals surface area (Å²) in [6.45, 7) is 4.76. The molecule has 1 aromatic carbocycles. The Labute approximate surface area is 160 Å². The number of unbranched alkanes of at least 4 members (excludes halogenated alkanes) is 1. The summed E-state index contributed by atoms with van der Waals surface area (Å²) in [5, 5.41) is 2.76. The molecule has 0 aliphatic carbocycles. The number of nitrogens with zero attached hydrogens (tertiary/aromatic N) is 2. The molecular weight excluding hydrogens is 346 g/mol. The van der Waals surface area contributed by atoms with E-state index in [1.807, 2.05) is 0 Å². The fourth-order valence-corrected chi connectivity index (χ4v) is 3.03. The molecule has 1 heterocycles. The van der Waals surface area contributed by atoms with Crippen molar-refractivity contribution in [2.75, 3.05) is 32.1 Å². The van der Waals surface area contributed by atoms with Crippen LogP contribution in [0, 0.1) is 0 Å². The molecule has 0 spiro atoms. The lowest BCUT2D eigenvalue weighted by Crippen LogP contribution is -2.58. The quantitative estimate of drug-likeness (QED) is 0.756. The predicted molar refractivity (Wildman–Crippen MR) is 104 cm³/mol. The van der Waals surface area contributed by atoms with Gasteiger partial charge in [0.15, 0.2) is 6.61 Å². The van der Waals surface area contributed by atoms with Crippen LogP contribution in [-0.4, -0.2) is 60.3 Å². The van der Waals surface area contributed by atoms with Crippen molar-refractivity contribution in [2.45, 2.75) is 45.6 Å². The van der Waals surface area contributed by atoms with Crippen molar-refractivity contribution in [3.05, 3.63) is 24.3 Å². The van der Waals surface area contributed by atoms with Crippen molar-refractivity contribution in [1.29, 1.82) is 0 Å². The molecule has 7 heteroatoms. The molecule has 3 amide bonds. The summed E-state index contributed by atoms with van der Waals surface area (Å²) in [5.74, 6) is 0.216. The maximum atomic E-state index is 12.7. The van der Waals surface area contributed by atoms with Crippen molar-refractivity contribution in [1.82, 2.24) is 9.80 Å². The standard InChI is InChI=1S/C20H29N3O4/c1-4-6-10-17-20(26)22(3)11-12-23(17)19(25)14-27-16-9-7-8-15(13-16)21-18(24)5-2/h7-9,13,17H,4-6,10-12,14H2,1-3H3,(H,21,24)/t17-/m1/s1. The number of anilines is 1. The van der Waals surface area contributed by atoms with E-state index in [1.165, 1.54) is 0 Å². The van der Waals surface area contributed by atoms with E-state index in [4.69, 9.17) is 4.74 Å². The van der Waals surface area contributed by atoms with Crippen molar-refractivity contribution < 1.29 is 19.1 Å². The third-order valence-corrected chi connectivity index (χ3v) is 4.67. The third kappa shape index (κ3) is 5.70. The minimum Gasteiger partial charge on any atom is -0.484 e. The van der Waals surface area contributed by atoms with Crippen molar-refractivity contribution in [3.8, 4) is 5.75 Å². The summed E-state index contributed by atoms with van der Waals surface area (Å²) in [4.78, 5) is 39.9. The Balaban J connectivity index is 1.98. The maximum Gasteiger partial charge on any atom is 0.261 e. The average molecular weight is 375 g/mol. The molecule has 0 saturated carbocycles. The van der Waals surface area contributed by atoms with Crippen LogP contribution in [0.5, 0.6) is 5.75 Å². The van der Waals surface area contributed by atoms with Crippen LogP contribution in [0.1, 0.15) is 39.5 Å². The Morgan fingerprint density at radius 3 is 2.74 bits per heavy atom. The molecule has 1 fully saturated rings. The lowest BCUT2D eigenvalue weighted by atomic mass is 10.0. The fourth-order valence-electron chi connectivity index (χ4n) is 3.03. The average Bonchev–Trinajstić information content (AvgIpc) is 2.67. The van der Waals surface area contributed by atoms with Crippen LogP contribution < -0.4 is 10.1 Å². The molecule has 1 N–H and O–H groups in total. The van der Waals surface area contributed by atoms with Gasteiger partial charge >= 0.3 is 0 Å². The highest BCUT2D eigenvalue weighted by molar-refractivity contribution is 5.91. The van der Waals surface area contributed by atoms with E-state index in [-0.39, 0.29) is 24.3 Å². The van der Waals surface area contributed by atoms with Crippen LogP contribution in [0.2, 0.25) is 0 Å². The highest BCUT2D eigenvalue weighted by atomic mass is 16.5. The Hall–Kier alpha value is -2.57. The molecule has 27 heavy (non-hydrogen) atoms. The van der Waals surface area contributed by atoms with Crippen molar-refractivity contribution >= 4 is 23.4 Å². The molecule has 0 radical (unpaired) electrons. The summed E-state index contributed by atoms with van der Waals surface area (Å²) in [5.41, 5.74) is 0.627. The number of amides is 3. The second-order valence-electron chi connectivity index (χ2n) is 6.72. The third-order valence-electron chi connectivity index (χ3n) is 4.67. The van der Waals surface area contributed by atoms with Gasteiger partial charge in [-0.05, 0) is 18.6 Å². The maximum absolute atomic E-state index is 12.7. The van der Waals surface area contributed by atoms with Gasteiger partial charge in [-0.3, -0.25) is 14.4 Å². The first-order chi connectivity index (χ1) is 13.0. The number of carbonyl (C=O) groups excluding carboxylic acids is 3. The van der Waals surface area contributed by atoms with Gasteiger partial charge in [-0.1, -0.05) is 32.8 Å². The SMILES string of the molecule is CCCC[C@@H]1C(=O)N(C)CCN1C(=O)COc1cccc(NC(=O)CC)c1. The number of ether oxygens (including phenoxy) is 1. The zero-order valence-electron chi connectivity index (χ0n) is 16.4. The molecule has 0 bridgehead atoms. The van der Waals surface area contributed by atoms with Crippen molar-refractivity contribution in [3.63, 3.8) is 0 Å². The van der Waals surface area contributed by atoms with E-state index in [9.17, 15) is 14.4 Å². The first kappa shape index (κ1) is 20.7. The van der Waals surface area contributed by atoms with Crippen LogP contribution in [0.15, 0.2) is 24.3 Å². The first-order valence-electron chi connectivity index (χ1n) is 9.53. The zero-order valence-corrected chi connectivity index (χ0v) is 16.4. The second kappa shape index (κ2) is 9.94. The summed E-state index contributed by atoms with van der Waals surface area (Å²) in [6.07, 6.45) is 2.93. The monoisotopic (exact) mass is 375 g/mol. The van der Waals surface area contributed by atoms with Gasteiger partial charge in [0.05, 0.1) is 0 Å². The Morgan fingerprint density at radius 2 is 2.04 bits per heavy atom. The number of rotatable bonds is 8. The van der Waals surface area contributed by atoms with Crippen LogP contribution in [-0.2, 0) is 14.4 Å². The molecule has 2 rings (SSSR count). The second-order valence-corrected chi connectivity index (χ2v) is 6.72. The van der Waals surface area contributed by atoms with Gasteiger partial charge in [-0.15, -0.1) is 0 Å². The van der Waals surface area contributed by atoms with Crippen LogP contribution in [0.25, 0.3) is 0 Å². The summed E-state index contributed by atoms with van der Waals surface area (Å²) in [6, 6.07) is 6.54. The minimum atomic E-state index is -0.407. The molecule has 0 unspecified atom stereocenters. The Kier molecular flexibility index (Phi) is 7.64. The van der Waals surface area contributed by atoms with E-state index in [0.29, 0.717) is 37.4 Å². The van der Waals surface area contributed by atoms with E-state index in [1.54, 1.807) is 48.0 Å². The number of benzene rings is 1. The number of nitrogens with one attached hydrogen (secondary N) is 1. The van der Waals surface area contributed by atoms with Gasteiger partial charge in [0.25, 0.3) is 5.91 Å². The van der Waals surface area contributed by atoms with E-state index < -0.39 is 6.04 Å². The zero-order chi connectivity index (χ0) is 19.8. The molecule has 1 aromatic rings. The summed E-state index contributed by atoms with van der Waals surface area (Å²) in [7, 11) is 1.77. The van der Waals surface area contributed by atoms with Crippen molar-refractivity contribution in [2.24, 2.45) is 0 Å². The van der Waals surface area contributed by atoms with E-state index in [2.05, 4.69) is 12.2 Å². The van der Waals surface area contributed by atoms with Gasteiger partial charge < -0.3 is 19.9 Å². The number of carbonyl (C=O) groups is 3. The normalized spacial score (nSPS) is 17.0. The summed E-state index contributed by atoms with van der Waals surface area (Å²) < 4.78 is 5.62. The number of hydrogen-bond acceptors (Lipinski definition) is 4. The molecule has 0 aromatic heterocycles. The fraction of sp³-hybridized carbons (Fsp3) is 0.550. The lowest BCUT2D eigenvalue weighted by molar-refractivity contribution is -0.151.